The van der Waals surface area contributed by atoms with Crippen molar-refractivity contribution in [2.45, 2.75) is 0 Å². The third-order valence-electron chi connectivity index (χ3n) is 11.2. The molecular weight excluding hydrogens is 685 g/mol. The molecule has 0 fully saturated rings. The van der Waals surface area contributed by atoms with E-state index in [1.165, 1.54) is 32.3 Å². The smallest absolute Gasteiger partial charge is 0.164 e. The molecular formula is C51H30N4O. The normalized spacial score (nSPS) is 11.9. The number of nitrogens with zero attached hydrogens (tertiary/aromatic N) is 4. The number of rotatable bonds is 4. The van der Waals surface area contributed by atoms with Crippen molar-refractivity contribution in [3.8, 4) is 39.9 Å². The van der Waals surface area contributed by atoms with Crippen LogP contribution in [0.2, 0.25) is 0 Å². The number of fused-ring (bicyclic) bond motifs is 11. The Balaban J connectivity index is 1.24. The van der Waals surface area contributed by atoms with Crippen molar-refractivity contribution in [1.82, 2.24) is 19.5 Å². The van der Waals surface area contributed by atoms with Gasteiger partial charge in [-0.3, -0.25) is 0 Å². The van der Waals surface area contributed by atoms with Crippen LogP contribution in [-0.4, -0.2) is 19.5 Å². The summed E-state index contributed by atoms with van der Waals surface area (Å²) in [6, 6.07) is 63.8. The minimum absolute atomic E-state index is 0.590. The number of furan rings is 1. The average Bonchev–Trinajstić information content (AvgIpc) is 3.81. The molecule has 0 unspecified atom stereocenters. The fourth-order valence-corrected chi connectivity index (χ4v) is 8.59. The van der Waals surface area contributed by atoms with E-state index < -0.39 is 0 Å². The lowest BCUT2D eigenvalue weighted by molar-refractivity contribution is 0.667. The predicted octanol–water partition coefficient (Wildman–Crippen LogP) is 13.3. The minimum Gasteiger partial charge on any atom is -0.454 e. The summed E-state index contributed by atoms with van der Waals surface area (Å²) in [6.45, 7) is 0. The van der Waals surface area contributed by atoms with Crippen LogP contribution in [-0.2, 0) is 0 Å². The van der Waals surface area contributed by atoms with Crippen molar-refractivity contribution in [2.75, 3.05) is 0 Å². The molecule has 12 rings (SSSR count). The maximum atomic E-state index is 6.99. The molecule has 0 atom stereocenters. The Morgan fingerprint density at radius 1 is 0.357 bits per heavy atom. The van der Waals surface area contributed by atoms with Gasteiger partial charge in [0, 0.05) is 38.2 Å². The first-order valence-corrected chi connectivity index (χ1v) is 18.9. The SMILES string of the molecule is c1ccc(-c2nc(-c3ccccc3)nc(-c3cc(-n4c5ccc6ccccc6c5c5c6ccccc6ccc54)c4oc5cc6ccccc6cc5c4c3)n2)cc1. The summed E-state index contributed by atoms with van der Waals surface area (Å²) in [7, 11) is 0. The predicted molar refractivity (Wildman–Crippen MR) is 230 cm³/mol. The van der Waals surface area contributed by atoms with E-state index in [2.05, 4.69) is 126 Å². The Morgan fingerprint density at radius 3 is 1.41 bits per heavy atom. The van der Waals surface area contributed by atoms with Crippen LogP contribution >= 0.6 is 0 Å². The first-order chi connectivity index (χ1) is 27.7. The lowest BCUT2D eigenvalue weighted by atomic mass is 10.00. The molecule has 0 radical (unpaired) electrons. The van der Waals surface area contributed by atoms with Crippen molar-refractivity contribution in [3.63, 3.8) is 0 Å². The van der Waals surface area contributed by atoms with Gasteiger partial charge < -0.3 is 8.98 Å². The summed E-state index contributed by atoms with van der Waals surface area (Å²) in [5.41, 5.74) is 7.49. The van der Waals surface area contributed by atoms with Crippen LogP contribution in [0.5, 0.6) is 0 Å². The van der Waals surface area contributed by atoms with Crippen LogP contribution in [0.1, 0.15) is 0 Å². The zero-order valence-electron chi connectivity index (χ0n) is 30.0. The third kappa shape index (κ3) is 4.64. The van der Waals surface area contributed by atoms with Gasteiger partial charge in [0.1, 0.15) is 5.58 Å². The van der Waals surface area contributed by atoms with Gasteiger partial charge in [-0.15, -0.1) is 0 Å². The molecule has 5 nitrogen and oxygen atoms in total. The fourth-order valence-electron chi connectivity index (χ4n) is 8.59. The highest BCUT2D eigenvalue weighted by molar-refractivity contribution is 6.29. The Hall–Kier alpha value is -7.63. The van der Waals surface area contributed by atoms with E-state index in [9.17, 15) is 0 Å². The molecule has 0 amide bonds. The molecule has 0 spiro atoms. The molecule has 0 bridgehead atoms. The Bertz CT molecular complexity index is 3380. The van der Waals surface area contributed by atoms with Gasteiger partial charge in [-0.25, -0.2) is 15.0 Å². The highest BCUT2D eigenvalue weighted by Crippen LogP contribution is 2.44. The molecule has 0 N–H and O–H groups in total. The lowest BCUT2D eigenvalue weighted by Crippen LogP contribution is -2.01. The molecule has 0 aliphatic rings. The number of hydrogen-bond acceptors (Lipinski definition) is 4. The zero-order valence-corrected chi connectivity index (χ0v) is 30.0. The van der Waals surface area contributed by atoms with Crippen molar-refractivity contribution in [3.05, 3.63) is 182 Å². The van der Waals surface area contributed by atoms with Crippen LogP contribution in [0.3, 0.4) is 0 Å². The summed E-state index contributed by atoms with van der Waals surface area (Å²) in [6.07, 6.45) is 0. The third-order valence-corrected chi connectivity index (χ3v) is 11.2. The molecule has 0 saturated heterocycles. The van der Waals surface area contributed by atoms with E-state index in [1.54, 1.807) is 0 Å². The summed E-state index contributed by atoms with van der Waals surface area (Å²) < 4.78 is 9.38. The Labute approximate surface area is 320 Å². The van der Waals surface area contributed by atoms with Crippen LogP contribution in [0.25, 0.3) is 116 Å². The molecule has 3 aromatic heterocycles. The second-order valence-corrected chi connectivity index (χ2v) is 14.4. The van der Waals surface area contributed by atoms with E-state index in [4.69, 9.17) is 19.4 Å². The van der Waals surface area contributed by atoms with Gasteiger partial charge in [0.2, 0.25) is 0 Å². The lowest BCUT2D eigenvalue weighted by Gasteiger charge is -2.13. The van der Waals surface area contributed by atoms with Gasteiger partial charge >= 0.3 is 0 Å². The van der Waals surface area contributed by atoms with Gasteiger partial charge in [0.15, 0.2) is 23.1 Å². The second kappa shape index (κ2) is 11.9. The van der Waals surface area contributed by atoms with Crippen molar-refractivity contribution in [2.24, 2.45) is 0 Å². The minimum atomic E-state index is 0.590. The van der Waals surface area contributed by atoms with Crippen molar-refractivity contribution >= 4 is 76.1 Å². The standard InChI is InChI=1S/C51H30N4O/c1-3-15-33(16-4-1)49-52-50(34-17-5-2-6-18-34)54-51(53-49)37-28-41-40-27-35-19-7-8-20-36(35)30-45(40)56-48(41)44(29-37)55-42-25-23-31-13-9-11-21-38(31)46(42)47-39-22-12-10-14-32(39)24-26-43(47)55/h1-30H. The van der Waals surface area contributed by atoms with Crippen molar-refractivity contribution in [1.29, 1.82) is 0 Å². The molecule has 12 aromatic rings. The fraction of sp³-hybridized carbons (Fsp3) is 0. The molecule has 0 aliphatic carbocycles. The van der Waals surface area contributed by atoms with E-state index >= 15 is 0 Å². The van der Waals surface area contributed by atoms with Crippen LogP contribution in [0, 0.1) is 0 Å². The molecule has 0 aliphatic heterocycles. The van der Waals surface area contributed by atoms with Crippen LogP contribution in [0.4, 0.5) is 0 Å². The Kier molecular flexibility index (Phi) is 6.56. The Morgan fingerprint density at radius 2 is 0.839 bits per heavy atom. The monoisotopic (exact) mass is 714 g/mol. The highest BCUT2D eigenvalue weighted by Gasteiger charge is 2.23. The summed E-state index contributed by atoms with van der Waals surface area (Å²) >= 11 is 0. The second-order valence-electron chi connectivity index (χ2n) is 14.4. The quantitative estimate of drug-likeness (QED) is 0.182. The number of hydrogen-bond donors (Lipinski definition) is 0. The maximum absolute atomic E-state index is 6.99. The van der Waals surface area contributed by atoms with E-state index in [-0.39, 0.29) is 0 Å². The summed E-state index contributed by atoms with van der Waals surface area (Å²) in [5, 5.41) is 11.6. The molecule has 5 heteroatoms. The average molecular weight is 715 g/mol. The van der Waals surface area contributed by atoms with Crippen molar-refractivity contribution < 1.29 is 4.42 Å². The molecule has 9 aromatic carbocycles. The molecule has 0 saturated carbocycles. The first-order valence-electron chi connectivity index (χ1n) is 18.9. The van der Waals surface area contributed by atoms with E-state index in [0.29, 0.717) is 17.5 Å². The largest absolute Gasteiger partial charge is 0.454 e. The topological polar surface area (TPSA) is 56.7 Å². The van der Waals surface area contributed by atoms with E-state index in [1.807, 2.05) is 60.7 Å². The zero-order chi connectivity index (χ0) is 36.7. The van der Waals surface area contributed by atoms with E-state index in [0.717, 1.165) is 66.1 Å². The van der Waals surface area contributed by atoms with Crippen LogP contribution in [0.15, 0.2) is 186 Å². The summed E-state index contributed by atoms with van der Waals surface area (Å²) in [5.74, 6) is 1.83. The molecule has 3 heterocycles. The van der Waals surface area contributed by atoms with Gasteiger partial charge in [-0.05, 0) is 68.7 Å². The highest BCUT2D eigenvalue weighted by atomic mass is 16.3. The van der Waals surface area contributed by atoms with Crippen LogP contribution < -0.4 is 0 Å². The van der Waals surface area contributed by atoms with Gasteiger partial charge in [-0.1, -0.05) is 146 Å². The van der Waals surface area contributed by atoms with Gasteiger partial charge in [0.05, 0.1) is 16.7 Å². The number of aromatic nitrogens is 4. The van der Waals surface area contributed by atoms with Gasteiger partial charge in [0.25, 0.3) is 0 Å². The number of benzene rings is 9. The maximum Gasteiger partial charge on any atom is 0.164 e. The molecule has 56 heavy (non-hydrogen) atoms. The van der Waals surface area contributed by atoms with Gasteiger partial charge in [-0.2, -0.15) is 0 Å². The summed E-state index contributed by atoms with van der Waals surface area (Å²) in [4.78, 5) is 15.4. The molecule has 260 valence electrons. The first kappa shape index (κ1) is 30.8.